The first-order valence-corrected chi connectivity index (χ1v) is 6.08. The lowest BCUT2D eigenvalue weighted by Gasteiger charge is -2.08. The Labute approximate surface area is 120 Å². The molecule has 0 saturated heterocycles. The van der Waals surface area contributed by atoms with Crippen LogP contribution in [0.2, 0.25) is 0 Å². The minimum atomic E-state index is -0.668. The van der Waals surface area contributed by atoms with Gasteiger partial charge in [-0.2, -0.15) is 0 Å². The van der Waals surface area contributed by atoms with Crippen molar-refractivity contribution in [3.63, 3.8) is 0 Å². The number of nitrogens with one attached hydrogen (secondary N) is 1. The summed E-state index contributed by atoms with van der Waals surface area (Å²) in [5, 5.41) is 22.9. The number of para-hydroxylation sites is 1. The van der Waals surface area contributed by atoms with E-state index in [2.05, 4.69) is 5.32 Å². The number of nitrogens with two attached hydrogens (primary N) is 1. The summed E-state index contributed by atoms with van der Waals surface area (Å²) in [6.45, 7) is 0. The molecular formula is C14H13N3O4. The van der Waals surface area contributed by atoms with Crippen molar-refractivity contribution in [2.45, 2.75) is 6.42 Å². The SMILES string of the molecule is Nc1ccc(CC(=O)Nc2c(O)cccc2[N+](=O)[O-])cc1. The fraction of sp³-hybridized carbons (Fsp3) is 0.0714. The molecule has 0 aliphatic heterocycles. The molecule has 0 aliphatic carbocycles. The number of nitro benzene ring substituents is 1. The van der Waals surface area contributed by atoms with Crippen LogP contribution in [0.4, 0.5) is 17.1 Å². The fourth-order valence-electron chi connectivity index (χ4n) is 1.81. The Hall–Kier alpha value is -3.09. The minimum absolute atomic E-state index is 0.0196. The largest absolute Gasteiger partial charge is 0.505 e. The lowest BCUT2D eigenvalue weighted by molar-refractivity contribution is -0.384. The number of nitro groups is 1. The number of nitrogen functional groups attached to an aromatic ring is 1. The maximum Gasteiger partial charge on any atom is 0.296 e. The van der Waals surface area contributed by atoms with Gasteiger partial charge >= 0.3 is 0 Å². The standard InChI is InChI=1S/C14H13N3O4/c15-10-6-4-9(5-7-10)8-13(19)16-14-11(17(20)21)2-1-3-12(14)18/h1-7,18H,8,15H2,(H,16,19). The van der Waals surface area contributed by atoms with Gasteiger partial charge in [-0.25, -0.2) is 0 Å². The summed E-state index contributed by atoms with van der Waals surface area (Å²) in [5.74, 6) is -0.820. The molecule has 7 nitrogen and oxygen atoms in total. The Morgan fingerprint density at radius 3 is 2.52 bits per heavy atom. The summed E-state index contributed by atoms with van der Waals surface area (Å²) in [7, 11) is 0. The lowest BCUT2D eigenvalue weighted by Crippen LogP contribution is -2.15. The first-order valence-electron chi connectivity index (χ1n) is 6.08. The molecule has 0 fully saturated rings. The summed E-state index contributed by atoms with van der Waals surface area (Å²) >= 11 is 0. The van der Waals surface area contributed by atoms with Gasteiger partial charge in [0.15, 0.2) is 5.69 Å². The summed E-state index contributed by atoms with van der Waals surface area (Å²) in [4.78, 5) is 22.1. The molecule has 0 atom stereocenters. The van der Waals surface area contributed by atoms with Gasteiger partial charge in [-0.3, -0.25) is 14.9 Å². The third kappa shape index (κ3) is 3.47. The predicted octanol–water partition coefficient (Wildman–Crippen LogP) is 2.06. The van der Waals surface area contributed by atoms with E-state index in [1.807, 2.05) is 0 Å². The number of phenolic OH excluding ortho intramolecular Hbond substituents is 1. The number of amides is 1. The van der Waals surface area contributed by atoms with Gasteiger partial charge in [0.25, 0.3) is 5.69 Å². The molecule has 0 unspecified atom stereocenters. The van der Waals surface area contributed by atoms with Crippen LogP contribution in [0.15, 0.2) is 42.5 Å². The van der Waals surface area contributed by atoms with Crippen LogP contribution in [0.1, 0.15) is 5.56 Å². The average Bonchev–Trinajstić information content (AvgIpc) is 2.43. The molecule has 0 bridgehead atoms. The van der Waals surface area contributed by atoms with Crippen LogP contribution in [-0.4, -0.2) is 15.9 Å². The highest BCUT2D eigenvalue weighted by Gasteiger charge is 2.19. The summed E-state index contributed by atoms with van der Waals surface area (Å²) in [6, 6.07) is 10.5. The van der Waals surface area contributed by atoms with Gasteiger partial charge in [-0.1, -0.05) is 18.2 Å². The van der Waals surface area contributed by atoms with Gasteiger partial charge in [0.05, 0.1) is 11.3 Å². The van der Waals surface area contributed by atoms with E-state index in [0.717, 1.165) is 0 Å². The molecule has 21 heavy (non-hydrogen) atoms. The first kappa shape index (κ1) is 14.3. The van der Waals surface area contributed by atoms with E-state index in [9.17, 15) is 20.0 Å². The number of rotatable bonds is 4. The average molecular weight is 287 g/mol. The van der Waals surface area contributed by atoms with Crippen LogP contribution in [0.25, 0.3) is 0 Å². The molecule has 1 amide bonds. The van der Waals surface area contributed by atoms with Crippen molar-refractivity contribution in [2.24, 2.45) is 0 Å². The molecule has 2 rings (SSSR count). The van der Waals surface area contributed by atoms with Crippen LogP contribution >= 0.6 is 0 Å². The van der Waals surface area contributed by atoms with Crippen molar-refractivity contribution >= 4 is 23.0 Å². The number of anilines is 2. The minimum Gasteiger partial charge on any atom is -0.505 e. The topological polar surface area (TPSA) is 118 Å². The van der Waals surface area contributed by atoms with Crippen molar-refractivity contribution in [3.8, 4) is 5.75 Å². The maximum atomic E-state index is 11.9. The van der Waals surface area contributed by atoms with E-state index in [-0.39, 0.29) is 23.5 Å². The van der Waals surface area contributed by atoms with Crippen LogP contribution in [-0.2, 0) is 11.2 Å². The van der Waals surface area contributed by atoms with Gasteiger partial charge < -0.3 is 16.2 Å². The van der Waals surface area contributed by atoms with Crippen LogP contribution in [0.3, 0.4) is 0 Å². The summed E-state index contributed by atoms with van der Waals surface area (Å²) in [5.41, 5.74) is 6.27. The van der Waals surface area contributed by atoms with E-state index in [1.165, 1.54) is 18.2 Å². The van der Waals surface area contributed by atoms with Gasteiger partial charge in [-0.05, 0) is 23.8 Å². The Morgan fingerprint density at radius 1 is 1.24 bits per heavy atom. The van der Waals surface area contributed by atoms with Gasteiger partial charge in [-0.15, -0.1) is 0 Å². The highest BCUT2D eigenvalue weighted by Crippen LogP contribution is 2.33. The molecule has 0 aliphatic rings. The molecule has 7 heteroatoms. The quantitative estimate of drug-likeness (QED) is 0.344. The highest BCUT2D eigenvalue weighted by atomic mass is 16.6. The maximum absolute atomic E-state index is 11.9. The first-order chi connectivity index (χ1) is 9.97. The normalized spacial score (nSPS) is 10.1. The smallest absolute Gasteiger partial charge is 0.296 e. The second kappa shape index (κ2) is 5.91. The highest BCUT2D eigenvalue weighted by molar-refractivity contribution is 5.96. The molecule has 0 saturated carbocycles. The molecule has 2 aromatic rings. The van der Waals surface area contributed by atoms with Crippen LogP contribution in [0.5, 0.6) is 5.75 Å². The Morgan fingerprint density at radius 2 is 1.90 bits per heavy atom. The Kier molecular flexibility index (Phi) is 4.03. The second-order valence-corrected chi connectivity index (χ2v) is 4.39. The molecular weight excluding hydrogens is 274 g/mol. The van der Waals surface area contributed by atoms with Crippen LogP contribution in [0, 0.1) is 10.1 Å². The van der Waals surface area contributed by atoms with E-state index in [4.69, 9.17) is 5.73 Å². The van der Waals surface area contributed by atoms with E-state index in [0.29, 0.717) is 11.3 Å². The van der Waals surface area contributed by atoms with Crippen molar-refractivity contribution < 1.29 is 14.8 Å². The third-order valence-corrected chi connectivity index (χ3v) is 2.83. The van der Waals surface area contributed by atoms with Crippen molar-refractivity contribution in [1.82, 2.24) is 0 Å². The molecule has 0 aromatic heterocycles. The second-order valence-electron chi connectivity index (χ2n) is 4.39. The summed E-state index contributed by atoms with van der Waals surface area (Å²) < 4.78 is 0. The van der Waals surface area contributed by atoms with Crippen molar-refractivity contribution in [2.75, 3.05) is 11.1 Å². The van der Waals surface area contributed by atoms with Crippen molar-refractivity contribution in [3.05, 3.63) is 58.1 Å². The number of hydrogen-bond donors (Lipinski definition) is 3. The molecule has 0 spiro atoms. The molecule has 108 valence electrons. The van der Waals surface area contributed by atoms with E-state index < -0.39 is 10.8 Å². The molecule has 0 radical (unpaired) electrons. The zero-order chi connectivity index (χ0) is 15.4. The number of phenols is 1. The van der Waals surface area contributed by atoms with Gasteiger partial charge in [0, 0.05) is 11.8 Å². The number of aromatic hydroxyl groups is 1. The predicted molar refractivity (Wildman–Crippen MR) is 77.9 cm³/mol. The van der Waals surface area contributed by atoms with Crippen molar-refractivity contribution in [1.29, 1.82) is 0 Å². The number of carbonyl (C=O) groups is 1. The number of carbonyl (C=O) groups excluding carboxylic acids is 1. The fourth-order valence-corrected chi connectivity index (χ4v) is 1.81. The van der Waals surface area contributed by atoms with E-state index >= 15 is 0 Å². The Balaban J connectivity index is 2.16. The monoisotopic (exact) mass is 287 g/mol. The van der Waals surface area contributed by atoms with Gasteiger partial charge in [0.2, 0.25) is 5.91 Å². The number of hydrogen-bond acceptors (Lipinski definition) is 5. The van der Waals surface area contributed by atoms with Crippen LogP contribution < -0.4 is 11.1 Å². The Bertz CT molecular complexity index is 683. The number of benzene rings is 2. The molecule has 0 heterocycles. The molecule has 2 aromatic carbocycles. The van der Waals surface area contributed by atoms with Gasteiger partial charge in [0.1, 0.15) is 5.75 Å². The lowest BCUT2D eigenvalue weighted by atomic mass is 10.1. The third-order valence-electron chi connectivity index (χ3n) is 2.83. The number of nitrogens with zero attached hydrogens (tertiary/aromatic N) is 1. The zero-order valence-corrected chi connectivity index (χ0v) is 10.9. The summed E-state index contributed by atoms with van der Waals surface area (Å²) in [6.07, 6.45) is 0.0196. The zero-order valence-electron chi connectivity index (χ0n) is 10.9. The molecule has 4 N–H and O–H groups in total. The van der Waals surface area contributed by atoms with E-state index in [1.54, 1.807) is 24.3 Å².